The largest absolute Gasteiger partial charge is 0.280 e. The molecule has 1 N–H and O–H groups in total. The predicted molar refractivity (Wildman–Crippen MR) is 89.1 cm³/mol. The van der Waals surface area contributed by atoms with Crippen LogP contribution in [-0.2, 0) is 19.9 Å². The molecule has 2 aromatic carbocycles. The zero-order valence-electron chi connectivity index (χ0n) is 11.7. The van der Waals surface area contributed by atoms with Crippen LogP contribution in [0.4, 0.5) is 5.69 Å². The van der Waals surface area contributed by atoms with E-state index in [-0.39, 0.29) is 15.5 Å². The van der Waals surface area contributed by atoms with Crippen LogP contribution in [0.1, 0.15) is 6.92 Å². The lowest BCUT2D eigenvalue weighted by Crippen LogP contribution is -2.13. The Hall–Kier alpha value is -1.38. The molecule has 118 valence electrons. The number of anilines is 1. The normalized spacial score (nSPS) is 12.1. The molecule has 0 radical (unpaired) electrons. The van der Waals surface area contributed by atoms with Crippen LogP contribution in [0.5, 0.6) is 0 Å². The first-order valence-corrected chi connectivity index (χ1v) is 10.3. The first-order valence-electron chi connectivity index (χ1n) is 6.36. The van der Waals surface area contributed by atoms with Gasteiger partial charge in [-0.05, 0) is 48.5 Å². The van der Waals surface area contributed by atoms with Crippen LogP contribution < -0.4 is 4.72 Å². The number of rotatable bonds is 5. The highest BCUT2D eigenvalue weighted by atomic mass is 79.9. The third-order valence-electron chi connectivity index (χ3n) is 2.97. The summed E-state index contributed by atoms with van der Waals surface area (Å²) in [7, 11) is -7.00. The average molecular weight is 404 g/mol. The minimum atomic E-state index is -3.70. The quantitative estimate of drug-likeness (QED) is 0.831. The first-order chi connectivity index (χ1) is 10.2. The maximum absolute atomic E-state index is 12.2. The van der Waals surface area contributed by atoms with E-state index in [1.165, 1.54) is 36.4 Å². The summed E-state index contributed by atoms with van der Waals surface area (Å²) in [4.78, 5) is 0.294. The van der Waals surface area contributed by atoms with Gasteiger partial charge < -0.3 is 0 Å². The number of hydrogen-bond donors (Lipinski definition) is 1. The van der Waals surface area contributed by atoms with Gasteiger partial charge in [0, 0.05) is 10.2 Å². The summed E-state index contributed by atoms with van der Waals surface area (Å²) in [6, 6.07) is 11.8. The molecule has 0 fully saturated rings. The van der Waals surface area contributed by atoms with Crippen LogP contribution in [-0.4, -0.2) is 22.6 Å². The lowest BCUT2D eigenvalue weighted by atomic mass is 10.3. The van der Waals surface area contributed by atoms with E-state index in [4.69, 9.17) is 0 Å². The van der Waals surface area contributed by atoms with Gasteiger partial charge in [-0.1, -0.05) is 22.9 Å². The topological polar surface area (TPSA) is 80.3 Å². The molecule has 0 aliphatic carbocycles. The van der Waals surface area contributed by atoms with Gasteiger partial charge in [0.25, 0.3) is 10.0 Å². The van der Waals surface area contributed by atoms with E-state index in [2.05, 4.69) is 20.7 Å². The SMILES string of the molecule is CCS(=O)(=O)c1ccc(NS(=O)(=O)c2ccc(Br)cc2)cc1. The molecule has 0 atom stereocenters. The fraction of sp³-hybridized carbons (Fsp3) is 0.143. The highest BCUT2D eigenvalue weighted by molar-refractivity contribution is 9.10. The van der Waals surface area contributed by atoms with Crippen LogP contribution >= 0.6 is 15.9 Å². The maximum Gasteiger partial charge on any atom is 0.261 e. The van der Waals surface area contributed by atoms with Crippen molar-refractivity contribution in [2.45, 2.75) is 16.7 Å². The molecular formula is C14H14BrNO4S2. The van der Waals surface area contributed by atoms with Crippen LogP contribution in [0.3, 0.4) is 0 Å². The highest BCUT2D eigenvalue weighted by Crippen LogP contribution is 2.20. The van der Waals surface area contributed by atoms with Gasteiger partial charge >= 0.3 is 0 Å². The van der Waals surface area contributed by atoms with Gasteiger partial charge in [-0.2, -0.15) is 0 Å². The lowest BCUT2D eigenvalue weighted by Gasteiger charge is -2.09. The smallest absolute Gasteiger partial charge is 0.261 e. The highest BCUT2D eigenvalue weighted by Gasteiger charge is 2.15. The van der Waals surface area contributed by atoms with E-state index in [1.807, 2.05) is 0 Å². The second kappa shape index (κ2) is 6.39. The molecule has 0 spiro atoms. The molecule has 0 heterocycles. The lowest BCUT2D eigenvalue weighted by molar-refractivity contribution is 0.597. The van der Waals surface area contributed by atoms with Crippen molar-refractivity contribution in [1.29, 1.82) is 0 Å². The van der Waals surface area contributed by atoms with Crippen LogP contribution in [0, 0.1) is 0 Å². The Morgan fingerprint density at radius 2 is 1.36 bits per heavy atom. The van der Waals surface area contributed by atoms with Gasteiger partial charge in [0.1, 0.15) is 0 Å². The van der Waals surface area contributed by atoms with Crippen LogP contribution in [0.25, 0.3) is 0 Å². The fourth-order valence-corrected chi connectivity index (χ4v) is 3.93. The summed E-state index contributed by atoms with van der Waals surface area (Å²) in [5, 5.41) is 0. The molecule has 0 amide bonds. The van der Waals surface area contributed by atoms with Gasteiger partial charge in [-0.3, -0.25) is 4.72 Å². The molecule has 0 aliphatic heterocycles. The van der Waals surface area contributed by atoms with E-state index in [0.717, 1.165) is 4.47 Å². The minimum absolute atomic E-state index is 0.00301. The van der Waals surface area contributed by atoms with Crippen molar-refractivity contribution in [1.82, 2.24) is 0 Å². The molecule has 2 aromatic rings. The Labute approximate surface area is 138 Å². The summed E-state index contributed by atoms with van der Waals surface area (Å²) in [5.41, 5.74) is 0.304. The number of sulfonamides is 1. The molecule has 0 saturated carbocycles. The van der Waals surface area contributed by atoms with E-state index in [9.17, 15) is 16.8 Å². The minimum Gasteiger partial charge on any atom is -0.280 e. The van der Waals surface area contributed by atoms with Crippen molar-refractivity contribution >= 4 is 41.5 Å². The Morgan fingerprint density at radius 3 is 1.86 bits per heavy atom. The van der Waals surface area contributed by atoms with Crippen molar-refractivity contribution < 1.29 is 16.8 Å². The van der Waals surface area contributed by atoms with Crippen LogP contribution in [0.2, 0.25) is 0 Å². The van der Waals surface area contributed by atoms with Crippen LogP contribution in [0.15, 0.2) is 62.8 Å². The van der Waals surface area contributed by atoms with Crippen molar-refractivity contribution in [3.8, 4) is 0 Å². The molecule has 5 nitrogen and oxygen atoms in total. The summed E-state index contributed by atoms with van der Waals surface area (Å²) < 4.78 is 51.0. The summed E-state index contributed by atoms with van der Waals surface area (Å²) in [5.74, 6) is -0.00301. The number of nitrogens with one attached hydrogen (secondary N) is 1. The zero-order chi connectivity index (χ0) is 16.4. The molecule has 2 rings (SSSR count). The fourth-order valence-electron chi connectivity index (χ4n) is 1.72. The standard InChI is InChI=1S/C14H14BrNO4S2/c1-2-21(17,18)13-9-5-12(6-10-13)16-22(19,20)14-7-3-11(15)4-8-14/h3-10,16H,2H2,1H3. The summed E-state index contributed by atoms with van der Waals surface area (Å²) >= 11 is 3.24. The molecule has 0 bridgehead atoms. The van der Waals surface area contributed by atoms with Crippen molar-refractivity contribution in [3.63, 3.8) is 0 Å². The number of hydrogen-bond acceptors (Lipinski definition) is 4. The Bertz CT molecular complexity index is 858. The molecular weight excluding hydrogens is 390 g/mol. The molecule has 0 saturated heterocycles. The Kier molecular flexibility index (Phi) is 4.93. The monoisotopic (exact) mass is 403 g/mol. The van der Waals surface area contributed by atoms with Gasteiger partial charge in [0.15, 0.2) is 9.84 Å². The molecule has 0 aromatic heterocycles. The first kappa shape index (κ1) is 17.0. The van der Waals surface area contributed by atoms with E-state index in [0.29, 0.717) is 5.69 Å². The summed E-state index contributed by atoms with van der Waals surface area (Å²) in [6.07, 6.45) is 0. The molecule has 22 heavy (non-hydrogen) atoms. The third-order valence-corrected chi connectivity index (χ3v) is 6.65. The number of sulfone groups is 1. The van der Waals surface area contributed by atoms with Crippen molar-refractivity contribution in [2.75, 3.05) is 10.5 Å². The maximum atomic E-state index is 12.2. The Morgan fingerprint density at radius 1 is 0.864 bits per heavy atom. The summed E-state index contributed by atoms with van der Waals surface area (Å²) in [6.45, 7) is 1.56. The van der Waals surface area contributed by atoms with Gasteiger partial charge in [-0.15, -0.1) is 0 Å². The van der Waals surface area contributed by atoms with E-state index < -0.39 is 19.9 Å². The van der Waals surface area contributed by atoms with E-state index in [1.54, 1.807) is 19.1 Å². The third kappa shape index (κ3) is 3.88. The van der Waals surface area contributed by atoms with Crippen molar-refractivity contribution in [2.24, 2.45) is 0 Å². The van der Waals surface area contributed by atoms with Crippen molar-refractivity contribution in [3.05, 3.63) is 53.0 Å². The second-order valence-electron chi connectivity index (χ2n) is 4.49. The van der Waals surface area contributed by atoms with Gasteiger partial charge in [0.2, 0.25) is 0 Å². The molecule has 8 heteroatoms. The number of benzene rings is 2. The second-order valence-corrected chi connectivity index (χ2v) is 9.36. The number of halogens is 1. The Balaban J connectivity index is 2.25. The molecule has 0 unspecified atom stereocenters. The molecule has 0 aliphatic rings. The van der Waals surface area contributed by atoms with Gasteiger partial charge in [-0.25, -0.2) is 16.8 Å². The average Bonchev–Trinajstić information content (AvgIpc) is 2.48. The van der Waals surface area contributed by atoms with Gasteiger partial charge in [0.05, 0.1) is 15.5 Å². The predicted octanol–water partition coefficient (Wildman–Crippen LogP) is 3.04. The van der Waals surface area contributed by atoms with E-state index >= 15 is 0 Å². The zero-order valence-corrected chi connectivity index (χ0v) is 14.9.